The first kappa shape index (κ1) is 13.3. The predicted octanol–water partition coefficient (Wildman–Crippen LogP) is 2.55. The Hall–Kier alpha value is -2.15. The number of ether oxygens (including phenoxy) is 1. The van der Waals surface area contributed by atoms with Crippen LogP contribution in [0, 0.1) is 0 Å². The van der Waals surface area contributed by atoms with Crippen LogP contribution in [0.25, 0.3) is 0 Å². The molecule has 0 fully saturated rings. The standard InChI is InChI=1S/C12H13N3O3S/c1-3-10-14-12(19-15-10)13-7-4-5-8(11(16)17)9(6-7)18-2/h4-6H,3H2,1-2H3,(H,16,17)(H,13,14,15). The molecule has 0 atom stereocenters. The van der Waals surface area contributed by atoms with Gasteiger partial charge in [0.2, 0.25) is 5.13 Å². The van der Waals surface area contributed by atoms with Crippen LogP contribution in [0.3, 0.4) is 0 Å². The smallest absolute Gasteiger partial charge is 0.339 e. The summed E-state index contributed by atoms with van der Waals surface area (Å²) in [5.41, 5.74) is 0.834. The number of rotatable bonds is 5. The lowest BCUT2D eigenvalue weighted by Crippen LogP contribution is -2.01. The van der Waals surface area contributed by atoms with Crippen LogP contribution in [0.2, 0.25) is 0 Å². The molecule has 0 aliphatic heterocycles. The zero-order chi connectivity index (χ0) is 13.8. The van der Waals surface area contributed by atoms with Gasteiger partial charge < -0.3 is 15.2 Å². The first-order valence-corrected chi connectivity index (χ1v) is 6.42. The van der Waals surface area contributed by atoms with Crippen molar-refractivity contribution in [2.45, 2.75) is 13.3 Å². The van der Waals surface area contributed by atoms with E-state index in [2.05, 4.69) is 14.7 Å². The van der Waals surface area contributed by atoms with Gasteiger partial charge in [-0.05, 0) is 12.1 Å². The topological polar surface area (TPSA) is 84.3 Å². The SMILES string of the molecule is CCc1nsc(Nc2ccc(C(=O)O)c(OC)c2)n1. The van der Waals surface area contributed by atoms with E-state index in [0.717, 1.165) is 12.2 Å². The Morgan fingerprint density at radius 1 is 1.53 bits per heavy atom. The lowest BCUT2D eigenvalue weighted by atomic mass is 10.2. The largest absolute Gasteiger partial charge is 0.496 e. The van der Waals surface area contributed by atoms with E-state index in [0.29, 0.717) is 16.6 Å². The van der Waals surface area contributed by atoms with Crippen LogP contribution < -0.4 is 10.1 Å². The summed E-state index contributed by atoms with van der Waals surface area (Å²) < 4.78 is 9.22. The van der Waals surface area contributed by atoms with E-state index in [9.17, 15) is 4.79 Å². The molecule has 19 heavy (non-hydrogen) atoms. The number of benzene rings is 1. The third-order valence-electron chi connectivity index (χ3n) is 2.47. The molecule has 0 saturated carbocycles. The third-order valence-corrected chi connectivity index (χ3v) is 3.14. The Morgan fingerprint density at radius 2 is 2.32 bits per heavy atom. The molecule has 0 bridgehead atoms. The number of nitrogens with one attached hydrogen (secondary N) is 1. The number of anilines is 2. The molecule has 6 nitrogen and oxygen atoms in total. The maximum atomic E-state index is 11.0. The fourth-order valence-corrected chi connectivity index (χ4v) is 2.19. The molecule has 2 N–H and O–H groups in total. The van der Waals surface area contributed by atoms with Crippen molar-refractivity contribution >= 4 is 28.3 Å². The molecule has 2 rings (SSSR count). The number of nitrogens with zero attached hydrogens (tertiary/aromatic N) is 2. The zero-order valence-electron chi connectivity index (χ0n) is 10.5. The van der Waals surface area contributed by atoms with Crippen LogP contribution in [-0.4, -0.2) is 27.5 Å². The molecule has 1 aromatic heterocycles. The highest BCUT2D eigenvalue weighted by atomic mass is 32.1. The molecular weight excluding hydrogens is 266 g/mol. The van der Waals surface area contributed by atoms with Gasteiger partial charge in [-0.25, -0.2) is 9.78 Å². The summed E-state index contributed by atoms with van der Waals surface area (Å²) >= 11 is 1.26. The molecule has 0 amide bonds. The summed E-state index contributed by atoms with van der Waals surface area (Å²) in [6.07, 6.45) is 0.777. The fraction of sp³-hybridized carbons (Fsp3) is 0.250. The Balaban J connectivity index is 2.23. The van der Waals surface area contributed by atoms with Crippen LogP contribution in [0.1, 0.15) is 23.1 Å². The lowest BCUT2D eigenvalue weighted by molar-refractivity contribution is 0.0693. The summed E-state index contributed by atoms with van der Waals surface area (Å²) in [6.45, 7) is 1.98. The van der Waals surface area contributed by atoms with E-state index >= 15 is 0 Å². The van der Waals surface area contributed by atoms with E-state index in [1.54, 1.807) is 12.1 Å². The van der Waals surface area contributed by atoms with Crippen LogP contribution in [0.5, 0.6) is 5.75 Å². The van der Waals surface area contributed by atoms with Crippen molar-refractivity contribution in [2.24, 2.45) is 0 Å². The number of aryl methyl sites for hydroxylation is 1. The summed E-state index contributed by atoms with van der Waals surface area (Å²) in [5.74, 6) is 0.0620. The Kier molecular flexibility index (Phi) is 3.96. The normalized spacial score (nSPS) is 10.2. The van der Waals surface area contributed by atoms with Gasteiger partial charge in [-0.2, -0.15) is 4.37 Å². The number of hydrogen-bond donors (Lipinski definition) is 2. The molecule has 100 valence electrons. The van der Waals surface area contributed by atoms with E-state index in [1.165, 1.54) is 24.7 Å². The summed E-state index contributed by atoms with van der Waals surface area (Å²) in [7, 11) is 1.44. The maximum absolute atomic E-state index is 11.0. The van der Waals surface area contributed by atoms with Crippen molar-refractivity contribution < 1.29 is 14.6 Å². The highest BCUT2D eigenvalue weighted by Crippen LogP contribution is 2.26. The van der Waals surface area contributed by atoms with Gasteiger partial charge in [-0.1, -0.05) is 6.92 Å². The average molecular weight is 279 g/mol. The second kappa shape index (κ2) is 5.66. The Bertz CT molecular complexity index is 598. The number of carboxylic acid groups (broad SMARTS) is 1. The van der Waals surface area contributed by atoms with Gasteiger partial charge in [-0.3, -0.25) is 0 Å². The van der Waals surface area contributed by atoms with E-state index < -0.39 is 5.97 Å². The van der Waals surface area contributed by atoms with E-state index in [1.807, 2.05) is 6.92 Å². The summed E-state index contributed by atoms with van der Waals surface area (Å²) in [5, 5.41) is 12.7. The number of aromatic carboxylic acids is 1. The van der Waals surface area contributed by atoms with Gasteiger partial charge in [0.1, 0.15) is 17.1 Å². The second-order valence-corrected chi connectivity index (χ2v) is 4.47. The molecule has 0 unspecified atom stereocenters. The van der Waals surface area contributed by atoms with Gasteiger partial charge in [0.15, 0.2) is 0 Å². The van der Waals surface area contributed by atoms with E-state index in [4.69, 9.17) is 9.84 Å². The van der Waals surface area contributed by atoms with Gasteiger partial charge in [0.25, 0.3) is 0 Å². The summed E-state index contributed by atoms with van der Waals surface area (Å²) in [4.78, 5) is 15.2. The van der Waals surface area contributed by atoms with Crippen molar-refractivity contribution in [2.75, 3.05) is 12.4 Å². The predicted molar refractivity (Wildman–Crippen MR) is 72.5 cm³/mol. The molecule has 0 aliphatic rings. The molecule has 1 heterocycles. The average Bonchev–Trinajstić information content (AvgIpc) is 2.86. The Morgan fingerprint density at radius 3 is 2.89 bits per heavy atom. The second-order valence-electron chi connectivity index (χ2n) is 3.71. The minimum atomic E-state index is -1.02. The Labute approximate surface area is 114 Å². The van der Waals surface area contributed by atoms with E-state index in [-0.39, 0.29) is 5.56 Å². The molecule has 0 spiro atoms. The van der Waals surface area contributed by atoms with Gasteiger partial charge >= 0.3 is 5.97 Å². The van der Waals surface area contributed by atoms with Crippen LogP contribution in [0.15, 0.2) is 18.2 Å². The monoisotopic (exact) mass is 279 g/mol. The van der Waals surface area contributed by atoms with Gasteiger partial charge in [0, 0.05) is 29.7 Å². The van der Waals surface area contributed by atoms with Gasteiger partial charge in [-0.15, -0.1) is 0 Å². The molecule has 0 saturated heterocycles. The summed E-state index contributed by atoms with van der Waals surface area (Å²) in [6, 6.07) is 4.78. The first-order chi connectivity index (χ1) is 9.13. The molecule has 1 aromatic carbocycles. The van der Waals surface area contributed by atoms with Crippen LogP contribution in [-0.2, 0) is 6.42 Å². The van der Waals surface area contributed by atoms with Crippen molar-refractivity contribution in [3.63, 3.8) is 0 Å². The van der Waals surface area contributed by atoms with Crippen molar-refractivity contribution in [3.05, 3.63) is 29.6 Å². The fourth-order valence-electron chi connectivity index (χ4n) is 1.52. The quantitative estimate of drug-likeness (QED) is 0.875. The number of hydrogen-bond acceptors (Lipinski definition) is 6. The number of aromatic nitrogens is 2. The lowest BCUT2D eigenvalue weighted by Gasteiger charge is -2.08. The van der Waals surface area contributed by atoms with Crippen LogP contribution in [0.4, 0.5) is 10.8 Å². The van der Waals surface area contributed by atoms with Gasteiger partial charge in [0.05, 0.1) is 7.11 Å². The van der Waals surface area contributed by atoms with Crippen molar-refractivity contribution in [1.82, 2.24) is 9.36 Å². The first-order valence-electron chi connectivity index (χ1n) is 5.65. The molecule has 2 aromatic rings. The molecule has 7 heteroatoms. The minimum Gasteiger partial charge on any atom is -0.496 e. The molecule has 0 radical (unpaired) electrons. The molecule has 0 aliphatic carbocycles. The minimum absolute atomic E-state index is 0.125. The van der Waals surface area contributed by atoms with Crippen LogP contribution >= 0.6 is 11.5 Å². The molecular formula is C12H13N3O3S. The van der Waals surface area contributed by atoms with Crippen molar-refractivity contribution in [1.29, 1.82) is 0 Å². The zero-order valence-corrected chi connectivity index (χ0v) is 11.3. The maximum Gasteiger partial charge on any atom is 0.339 e. The third kappa shape index (κ3) is 3.00. The highest BCUT2D eigenvalue weighted by Gasteiger charge is 2.12. The number of carbonyl (C=O) groups is 1. The number of carboxylic acids is 1. The number of methoxy groups -OCH3 is 1. The van der Waals surface area contributed by atoms with Crippen molar-refractivity contribution in [3.8, 4) is 5.75 Å². The highest BCUT2D eigenvalue weighted by molar-refractivity contribution is 7.09.